The van der Waals surface area contributed by atoms with E-state index in [0.29, 0.717) is 16.6 Å². The van der Waals surface area contributed by atoms with Crippen LogP contribution in [0.2, 0.25) is 0 Å². The molecule has 3 rings (SSSR count). The van der Waals surface area contributed by atoms with Gasteiger partial charge in [-0.3, -0.25) is 19.7 Å². The van der Waals surface area contributed by atoms with Gasteiger partial charge in [0.1, 0.15) is 13.2 Å². The largest absolute Gasteiger partial charge is 0.459 e. The van der Waals surface area contributed by atoms with E-state index < -0.39 is 10.9 Å². The Balaban J connectivity index is 1.70. The number of nitro groups is 1. The van der Waals surface area contributed by atoms with Crippen LogP contribution in [-0.2, 0) is 22.7 Å². The zero-order valence-electron chi connectivity index (χ0n) is 13.9. The summed E-state index contributed by atoms with van der Waals surface area (Å²) in [5.41, 5.74) is 0.850. The number of aromatic nitrogens is 2. The third-order valence-corrected chi connectivity index (χ3v) is 3.88. The molecule has 0 aliphatic heterocycles. The van der Waals surface area contributed by atoms with Crippen LogP contribution in [0.25, 0.3) is 10.8 Å². The Morgan fingerprint density at radius 3 is 2.46 bits per heavy atom. The van der Waals surface area contributed by atoms with Gasteiger partial charge < -0.3 is 4.74 Å². The highest BCUT2D eigenvalue weighted by Gasteiger charge is 2.12. The van der Waals surface area contributed by atoms with Gasteiger partial charge in [-0.15, -0.1) is 0 Å². The number of nitro benzene ring substituents is 1. The quantitative estimate of drug-likeness (QED) is 0.396. The van der Waals surface area contributed by atoms with Gasteiger partial charge in [-0.05, 0) is 30.7 Å². The Hall–Kier alpha value is -3.55. The van der Waals surface area contributed by atoms with Gasteiger partial charge in [0.25, 0.3) is 11.2 Å². The van der Waals surface area contributed by atoms with Crippen LogP contribution >= 0.6 is 0 Å². The minimum atomic E-state index is -0.618. The molecular formula is C18H15N3O5. The summed E-state index contributed by atoms with van der Waals surface area (Å²) in [4.78, 5) is 34.6. The van der Waals surface area contributed by atoms with Crippen molar-refractivity contribution in [2.24, 2.45) is 0 Å². The molecule has 0 unspecified atom stereocenters. The smallest absolute Gasteiger partial charge is 0.328 e. The number of aryl methyl sites for hydroxylation is 1. The lowest BCUT2D eigenvalue weighted by Crippen LogP contribution is -2.28. The first-order valence-electron chi connectivity index (χ1n) is 7.81. The van der Waals surface area contributed by atoms with E-state index in [4.69, 9.17) is 4.74 Å². The molecule has 1 aromatic heterocycles. The van der Waals surface area contributed by atoms with Crippen LogP contribution in [-0.4, -0.2) is 20.7 Å². The summed E-state index contributed by atoms with van der Waals surface area (Å²) in [5, 5.41) is 16.0. The Morgan fingerprint density at radius 1 is 1.15 bits per heavy atom. The molecule has 132 valence electrons. The summed E-state index contributed by atoms with van der Waals surface area (Å²) in [6.45, 7) is 1.41. The van der Waals surface area contributed by atoms with Crippen molar-refractivity contribution in [3.8, 4) is 0 Å². The van der Waals surface area contributed by atoms with Crippen molar-refractivity contribution in [1.82, 2.24) is 9.78 Å². The Morgan fingerprint density at radius 2 is 1.81 bits per heavy atom. The van der Waals surface area contributed by atoms with Crippen LogP contribution in [0.3, 0.4) is 0 Å². The number of esters is 1. The summed E-state index contributed by atoms with van der Waals surface area (Å²) in [6, 6.07) is 12.7. The van der Waals surface area contributed by atoms with Crippen molar-refractivity contribution < 1.29 is 14.5 Å². The molecule has 0 amide bonds. The molecule has 8 nitrogen and oxygen atoms in total. The van der Waals surface area contributed by atoms with Crippen molar-refractivity contribution in [3.05, 3.63) is 80.3 Å². The fourth-order valence-electron chi connectivity index (χ4n) is 2.56. The summed E-state index contributed by atoms with van der Waals surface area (Å²) in [6.07, 6.45) is 0. The van der Waals surface area contributed by atoms with Crippen molar-refractivity contribution in [2.75, 3.05) is 0 Å². The highest BCUT2D eigenvalue weighted by atomic mass is 16.6. The van der Waals surface area contributed by atoms with Gasteiger partial charge in [0.2, 0.25) is 0 Å². The van der Waals surface area contributed by atoms with Crippen LogP contribution in [0, 0.1) is 17.0 Å². The molecule has 3 aromatic rings. The second-order valence-electron chi connectivity index (χ2n) is 5.68. The number of non-ortho nitro benzene ring substituents is 1. The minimum Gasteiger partial charge on any atom is -0.459 e. The molecule has 0 spiro atoms. The molecule has 0 saturated heterocycles. The topological polar surface area (TPSA) is 104 Å². The standard InChI is InChI=1S/C18H15N3O5/c1-12-15-4-2-3-5-16(15)18(23)20(19-12)10-17(22)26-11-13-6-8-14(9-7-13)21(24)25/h2-9H,10-11H2,1H3. The molecule has 26 heavy (non-hydrogen) atoms. The molecule has 0 saturated carbocycles. The van der Waals surface area contributed by atoms with Crippen LogP contribution in [0.4, 0.5) is 5.69 Å². The monoisotopic (exact) mass is 353 g/mol. The van der Waals surface area contributed by atoms with Gasteiger partial charge in [0.15, 0.2) is 0 Å². The number of rotatable bonds is 5. The number of nitrogens with zero attached hydrogens (tertiary/aromatic N) is 3. The normalized spacial score (nSPS) is 10.7. The zero-order chi connectivity index (χ0) is 18.7. The average Bonchev–Trinajstić information content (AvgIpc) is 2.64. The Labute approximate surface area is 147 Å². The second-order valence-corrected chi connectivity index (χ2v) is 5.68. The molecule has 0 atom stereocenters. The summed E-state index contributed by atoms with van der Waals surface area (Å²) in [5.74, 6) is -0.618. The maximum atomic E-state index is 12.4. The minimum absolute atomic E-state index is 0.0394. The van der Waals surface area contributed by atoms with Gasteiger partial charge in [-0.1, -0.05) is 18.2 Å². The number of carbonyl (C=O) groups is 1. The van der Waals surface area contributed by atoms with Gasteiger partial charge in [0.05, 0.1) is 16.0 Å². The van der Waals surface area contributed by atoms with Gasteiger partial charge in [-0.25, -0.2) is 4.68 Å². The fourth-order valence-corrected chi connectivity index (χ4v) is 2.56. The van der Waals surface area contributed by atoms with E-state index in [2.05, 4.69) is 5.10 Å². The molecule has 0 N–H and O–H groups in total. The number of hydrogen-bond donors (Lipinski definition) is 0. The van der Waals surface area contributed by atoms with Crippen LogP contribution < -0.4 is 5.56 Å². The number of fused-ring (bicyclic) bond motifs is 1. The second kappa shape index (κ2) is 7.14. The van der Waals surface area contributed by atoms with Crippen LogP contribution in [0.1, 0.15) is 11.3 Å². The van der Waals surface area contributed by atoms with Crippen molar-refractivity contribution >= 4 is 22.4 Å². The van der Waals surface area contributed by atoms with E-state index in [0.717, 1.165) is 10.1 Å². The first-order chi connectivity index (χ1) is 12.5. The van der Waals surface area contributed by atoms with Crippen LogP contribution in [0.5, 0.6) is 0 Å². The van der Waals surface area contributed by atoms with E-state index >= 15 is 0 Å². The average molecular weight is 353 g/mol. The SMILES string of the molecule is Cc1nn(CC(=O)OCc2ccc([N+](=O)[O-])cc2)c(=O)c2ccccc12. The van der Waals surface area contributed by atoms with Crippen molar-refractivity contribution in [3.63, 3.8) is 0 Å². The van der Waals surface area contributed by atoms with Crippen molar-refractivity contribution in [2.45, 2.75) is 20.1 Å². The third-order valence-electron chi connectivity index (χ3n) is 3.88. The molecule has 0 radical (unpaired) electrons. The number of benzene rings is 2. The number of ether oxygens (including phenoxy) is 1. The summed E-state index contributed by atoms with van der Waals surface area (Å²) >= 11 is 0. The maximum absolute atomic E-state index is 12.4. The zero-order valence-corrected chi connectivity index (χ0v) is 13.9. The fraction of sp³-hybridized carbons (Fsp3) is 0.167. The predicted molar refractivity (Wildman–Crippen MR) is 93.6 cm³/mol. The lowest BCUT2D eigenvalue weighted by atomic mass is 10.1. The Bertz CT molecular complexity index is 1040. The lowest BCUT2D eigenvalue weighted by Gasteiger charge is -2.09. The van der Waals surface area contributed by atoms with E-state index in [1.165, 1.54) is 24.3 Å². The first-order valence-corrected chi connectivity index (χ1v) is 7.81. The predicted octanol–water partition coefficient (Wildman–Crippen LogP) is 2.36. The molecule has 0 aliphatic carbocycles. The molecule has 8 heteroatoms. The van der Waals surface area contributed by atoms with E-state index in [9.17, 15) is 19.7 Å². The lowest BCUT2D eigenvalue weighted by molar-refractivity contribution is -0.384. The highest BCUT2D eigenvalue weighted by molar-refractivity contribution is 5.83. The molecular weight excluding hydrogens is 338 g/mol. The van der Waals surface area contributed by atoms with Gasteiger partial charge >= 0.3 is 5.97 Å². The number of hydrogen-bond acceptors (Lipinski definition) is 6. The first kappa shape index (κ1) is 17.3. The highest BCUT2D eigenvalue weighted by Crippen LogP contribution is 2.13. The molecule has 0 bridgehead atoms. The third kappa shape index (κ3) is 3.59. The van der Waals surface area contributed by atoms with Gasteiger partial charge in [-0.2, -0.15) is 5.10 Å². The summed E-state index contributed by atoms with van der Waals surface area (Å²) in [7, 11) is 0. The molecule has 0 aliphatic rings. The number of carbonyl (C=O) groups excluding carboxylic acids is 1. The summed E-state index contributed by atoms with van der Waals surface area (Å²) < 4.78 is 6.21. The van der Waals surface area contributed by atoms with E-state index in [1.807, 2.05) is 6.07 Å². The van der Waals surface area contributed by atoms with Crippen molar-refractivity contribution in [1.29, 1.82) is 0 Å². The molecule has 0 fully saturated rings. The maximum Gasteiger partial charge on any atom is 0.328 e. The van der Waals surface area contributed by atoms with Crippen LogP contribution in [0.15, 0.2) is 53.3 Å². The van der Waals surface area contributed by atoms with E-state index in [1.54, 1.807) is 25.1 Å². The molecule has 1 heterocycles. The molecule has 2 aromatic carbocycles. The van der Waals surface area contributed by atoms with Gasteiger partial charge in [0, 0.05) is 17.5 Å². The Kier molecular flexibility index (Phi) is 4.74. The van der Waals surface area contributed by atoms with E-state index in [-0.39, 0.29) is 24.4 Å².